The second-order valence-electron chi connectivity index (χ2n) is 4.10. The molecular weight excluding hydrogens is 372 g/mol. The van der Waals surface area contributed by atoms with Crippen LogP contribution in [0.15, 0.2) is 28.7 Å². The molecule has 0 aliphatic heterocycles. The van der Waals surface area contributed by atoms with Gasteiger partial charge in [-0.15, -0.1) is 0 Å². The van der Waals surface area contributed by atoms with Gasteiger partial charge in [-0.1, -0.05) is 27.3 Å². The minimum Gasteiger partial charge on any atom is -0.326 e. The molecule has 0 spiro atoms. The first-order valence-corrected chi connectivity index (χ1v) is 7.23. The van der Waals surface area contributed by atoms with Gasteiger partial charge in [-0.05, 0) is 18.2 Å². The summed E-state index contributed by atoms with van der Waals surface area (Å²) in [6.45, 7) is 0. The molecule has 0 aliphatic rings. The van der Waals surface area contributed by atoms with Gasteiger partial charge >= 0.3 is 0 Å². The Balaban J connectivity index is 2.06. The van der Waals surface area contributed by atoms with E-state index in [-0.39, 0.29) is 11.2 Å². The Morgan fingerprint density at radius 2 is 1.67 bits per heavy atom. The summed E-state index contributed by atoms with van der Waals surface area (Å²) in [5.74, 6) is -5.93. The topological polar surface area (TPSA) is 24.9 Å². The Bertz CT molecular complexity index is 824. The molecule has 2 aromatic carbocycles. The summed E-state index contributed by atoms with van der Waals surface area (Å²) >= 11 is 4.40. The number of thiazole rings is 1. The summed E-state index contributed by atoms with van der Waals surface area (Å²) in [6.07, 6.45) is 0. The summed E-state index contributed by atoms with van der Waals surface area (Å²) < 4.78 is 55.0. The zero-order valence-corrected chi connectivity index (χ0v) is 12.5. The molecule has 1 N–H and O–H groups in total. The lowest BCUT2D eigenvalue weighted by atomic mass is 10.2. The first-order chi connectivity index (χ1) is 9.95. The van der Waals surface area contributed by atoms with Crippen LogP contribution < -0.4 is 5.32 Å². The van der Waals surface area contributed by atoms with Gasteiger partial charge in [0.1, 0.15) is 5.69 Å². The smallest absolute Gasteiger partial charge is 0.188 e. The van der Waals surface area contributed by atoms with Crippen molar-refractivity contribution in [1.82, 2.24) is 4.98 Å². The van der Waals surface area contributed by atoms with Crippen molar-refractivity contribution in [3.05, 3.63) is 52.0 Å². The van der Waals surface area contributed by atoms with Gasteiger partial charge in [-0.25, -0.2) is 22.5 Å². The molecule has 108 valence electrons. The van der Waals surface area contributed by atoms with Gasteiger partial charge in [0.05, 0.1) is 10.2 Å². The normalized spacial score (nSPS) is 11.1. The van der Waals surface area contributed by atoms with E-state index >= 15 is 0 Å². The van der Waals surface area contributed by atoms with Gasteiger partial charge in [-0.3, -0.25) is 0 Å². The third-order valence-electron chi connectivity index (χ3n) is 2.69. The molecule has 0 radical (unpaired) electrons. The van der Waals surface area contributed by atoms with Gasteiger partial charge in [0.15, 0.2) is 28.4 Å². The van der Waals surface area contributed by atoms with Crippen LogP contribution in [0.25, 0.3) is 10.2 Å². The van der Waals surface area contributed by atoms with Crippen molar-refractivity contribution in [3.8, 4) is 0 Å². The maximum atomic E-state index is 13.6. The van der Waals surface area contributed by atoms with Crippen molar-refractivity contribution >= 4 is 48.3 Å². The molecule has 0 atom stereocenters. The molecule has 1 heterocycles. The number of benzene rings is 2. The molecule has 0 saturated carbocycles. The van der Waals surface area contributed by atoms with E-state index in [0.29, 0.717) is 5.52 Å². The molecule has 2 nitrogen and oxygen atoms in total. The molecule has 0 unspecified atom stereocenters. The van der Waals surface area contributed by atoms with Crippen molar-refractivity contribution in [3.63, 3.8) is 0 Å². The van der Waals surface area contributed by atoms with E-state index in [0.717, 1.165) is 20.5 Å². The fourth-order valence-electron chi connectivity index (χ4n) is 1.74. The van der Waals surface area contributed by atoms with Crippen LogP contribution in [0.4, 0.5) is 28.4 Å². The third kappa shape index (κ3) is 2.60. The van der Waals surface area contributed by atoms with Crippen LogP contribution in [0, 0.1) is 23.3 Å². The first kappa shape index (κ1) is 14.3. The van der Waals surface area contributed by atoms with Gasteiger partial charge in [0, 0.05) is 10.5 Å². The predicted molar refractivity (Wildman–Crippen MR) is 76.9 cm³/mol. The number of anilines is 2. The van der Waals surface area contributed by atoms with Gasteiger partial charge < -0.3 is 5.32 Å². The van der Waals surface area contributed by atoms with Gasteiger partial charge in [0.25, 0.3) is 0 Å². The monoisotopic (exact) mass is 376 g/mol. The Morgan fingerprint density at radius 1 is 1.00 bits per heavy atom. The largest absolute Gasteiger partial charge is 0.326 e. The molecule has 3 aromatic rings. The van der Waals surface area contributed by atoms with Crippen molar-refractivity contribution in [2.75, 3.05) is 5.32 Å². The second kappa shape index (κ2) is 5.27. The van der Waals surface area contributed by atoms with Crippen LogP contribution in [-0.2, 0) is 0 Å². The van der Waals surface area contributed by atoms with E-state index < -0.39 is 29.0 Å². The summed E-state index contributed by atoms with van der Waals surface area (Å²) in [4.78, 5) is 4.10. The van der Waals surface area contributed by atoms with E-state index in [1.54, 1.807) is 18.2 Å². The Hall–Kier alpha value is -1.67. The number of hydrogen-bond acceptors (Lipinski definition) is 3. The third-order valence-corrected chi connectivity index (χ3v) is 4.12. The molecular formula is C13H5BrF4N2S. The molecule has 0 saturated heterocycles. The number of nitrogens with one attached hydrogen (secondary N) is 1. The Labute approximate surface area is 128 Å². The van der Waals surface area contributed by atoms with E-state index in [1.165, 1.54) is 0 Å². The number of hydrogen-bond donors (Lipinski definition) is 1. The molecule has 0 fully saturated rings. The van der Waals surface area contributed by atoms with Gasteiger partial charge in [-0.2, -0.15) is 0 Å². The van der Waals surface area contributed by atoms with Crippen LogP contribution in [0.5, 0.6) is 0 Å². The van der Waals surface area contributed by atoms with E-state index in [4.69, 9.17) is 0 Å². The predicted octanol–water partition coefficient (Wildman–Crippen LogP) is 5.36. The number of nitrogens with zero attached hydrogens (tertiary/aromatic N) is 1. The first-order valence-electron chi connectivity index (χ1n) is 5.62. The van der Waals surface area contributed by atoms with Crippen LogP contribution in [-0.4, -0.2) is 4.98 Å². The second-order valence-corrected chi connectivity index (χ2v) is 6.05. The van der Waals surface area contributed by atoms with E-state index in [9.17, 15) is 17.6 Å². The van der Waals surface area contributed by atoms with Crippen LogP contribution in [0.1, 0.15) is 0 Å². The molecule has 1 aromatic heterocycles. The number of fused-ring (bicyclic) bond motifs is 1. The lowest BCUT2D eigenvalue weighted by Gasteiger charge is -2.07. The molecule has 0 amide bonds. The number of aromatic nitrogens is 1. The average molecular weight is 377 g/mol. The standard InChI is InChI=1S/C13H5BrF4N2S/c14-5-1-2-8-9(3-5)21-13(19-8)20-12-10(17)6(15)4-7(16)11(12)18/h1-4H,(H,19,20). The number of halogens is 5. The highest BCUT2D eigenvalue weighted by Crippen LogP contribution is 2.33. The molecule has 8 heteroatoms. The summed E-state index contributed by atoms with van der Waals surface area (Å²) in [7, 11) is 0. The molecule has 0 bridgehead atoms. The maximum absolute atomic E-state index is 13.6. The zero-order valence-electron chi connectivity index (χ0n) is 10.1. The van der Waals surface area contributed by atoms with Gasteiger partial charge in [0.2, 0.25) is 0 Å². The Morgan fingerprint density at radius 3 is 2.33 bits per heavy atom. The quantitative estimate of drug-likeness (QED) is 0.481. The summed E-state index contributed by atoms with van der Waals surface area (Å²) in [6, 6.07) is 5.40. The SMILES string of the molecule is Fc1cc(F)c(F)c(Nc2nc3ccc(Br)cc3s2)c1F. The van der Waals surface area contributed by atoms with E-state index in [2.05, 4.69) is 26.2 Å². The molecule has 21 heavy (non-hydrogen) atoms. The molecule has 3 rings (SSSR count). The number of rotatable bonds is 2. The molecule has 0 aliphatic carbocycles. The van der Waals surface area contributed by atoms with Crippen molar-refractivity contribution in [2.24, 2.45) is 0 Å². The van der Waals surface area contributed by atoms with Crippen LogP contribution in [0.3, 0.4) is 0 Å². The summed E-state index contributed by atoms with van der Waals surface area (Å²) in [5, 5.41) is 2.42. The van der Waals surface area contributed by atoms with Crippen LogP contribution >= 0.6 is 27.3 Å². The lowest BCUT2D eigenvalue weighted by molar-refractivity contribution is 0.459. The minimum atomic E-state index is -1.49. The summed E-state index contributed by atoms with van der Waals surface area (Å²) in [5.41, 5.74) is -0.297. The highest BCUT2D eigenvalue weighted by atomic mass is 79.9. The average Bonchev–Trinajstić information content (AvgIpc) is 2.83. The highest BCUT2D eigenvalue weighted by molar-refractivity contribution is 9.10. The van der Waals surface area contributed by atoms with Crippen LogP contribution in [0.2, 0.25) is 0 Å². The fourth-order valence-corrected chi connectivity index (χ4v) is 3.16. The minimum absolute atomic E-state index is 0.130. The lowest BCUT2D eigenvalue weighted by Crippen LogP contribution is -2.02. The fraction of sp³-hybridized carbons (Fsp3) is 0. The van der Waals surface area contributed by atoms with E-state index in [1.807, 2.05) is 0 Å². The highest BCUT2D eigenvalue weighted by Gasteiger charge is 2.20. The van der Waals surface area contributed by atoms with Crippen molar-refractivity contribution < 1.29 is 17.6 Å². The Kier molecular flexibility index (Phi) is 3.58. The van der Waals surface area contributed by atoms with Crippen molar-refractivity contribution in [2.45, 2.75) is 0 Å². The van der Waals surface area contributed by atoms with Crippen molar-refractivity contribution in [1.29, 1.82) is 0 Å². The maximum Gasteiger partial charge on any atom is 0.188 e. The zero-order chi connectivity index (χ0) is 15.1.